The van der Waals surface area contributed by atoms with Gasteiger partial charge in [0.15, 0.2) is 0 Å². The Bertz CT molecular complexity index is 424. The van der Waals surface area contributed by atoms with Crippen molar-refractivity contribution in [2.75, 3.05) is 6.54 Å². The molecular formula is C12H12ClNO2. The summed E-state index contributed by atoms with van der Waals surface area (Å²) >= 11 is 5.65. The minimum absolute atomic E-state index is 0.123. The molecule has 0 aromatic heterocycles. The highest BCUT2D eigenvalue weighted by atomic mass is 35.5. The maximum absolute atomic E-state index is 11.6. The molecule has 0 heterocycles. The molecule has 0 saturated heterocycles. The summed E-state index contributed by atoms with van der Waals surface area (Å²) in [7, 11) is 0. The maximum Gasteiger partial charge on any atom is 0.255 e. The Kier molecular flexibility index (Phi) is 4.68. The highest BCUT2D eigenvalue weighted by Gasteiger charge is 2.10. The quantitative estimate of drug-likeness (QED) is 0.623. The maximum atomic E-state index is 11.6. The summed E-state index contributed by atoms with van der Waals surface area (Å²) < 4.78 is 0. The Labute approximate surface area is 99.4 Å². The number of halogens is 1. The summed E-state index contributed by atoms with van der Waals surface area (Å²) in [5, 5.41) is 12.5. The van der Waals surface area contributed by atoms with Crippen molar-refractivity contribution in [3.63, 3.8) is 0 Å². The van der Waals surface area contributed by atoms with Crippen molar-refractivity contribution in [2.24, 2.45) is 0 Å². The van der Waals surface area contributed by atoms with Crippen molar-refractivity contribution in [2.45, 2.75) is 12.8 Å². The first kappa shape index (κ1) is 12.4. The molecule has 0 aliphatic rings. The average Bonchev–Trinajstić information content (AvgIpc) is 2.24. The fourth-order valence-electron chi connectivity index (χ4n) is 1.18. The molecule has 16 heavy (non-hydrogen) atoms. The lowest BCUT2D eigenvalue weighted by molar-refractivity contribution is 0.0950. The molecule has 0 fully saturated rings. The lowest BCUT2D eigenvalue weighted by atomic mass is 10.2. The van der Waals surface area contributed by atoms with E-state index in [1.54, 1.807) is 6.07 Å². The second-order valence-electron chi connectivity index (χ2n) is 3.23. The highest BCUT2D eigenvalue weighted by Crippen LogP contribution is 2.21. The molecule has 1 amide bonds. The van der Waals surface area contributed by atoms with E-state index in [1.807, 2.05) is 0 Å². The van der Waals surface area contributed by atoms with Crippen LogP contribution in [0.25, 0.3) is 0 Å². The molecule has 0 atom stereocenters. The van der Waals surface area contributed by atoms with Crippen LogP contribution in [-0.4, -0.2) is 17.6 Å². The Morgan fingerprint density at radius 2 is 2.31 bits per heavy atom. The van der Waals surface area contributed by atoms with Crippen LogP contribution in [0.5, 0.6) is 5.75 Å². The van der Waals surface area contributed by atoms with Gasteiger partial charge in [-0.3, -0.25) is 4.79 Å². The van der Waals surface area contributed by atoms with Crippen LogP contribution in [0.3, 0.4) is 0 Å². The van der Waals surface area contributed by atoms with Crippen molar-refractivity contribution in [3.05, 3.63) is 28.8 Å². The van der Waals surface area contributed by atoms with Crippen LogP contribution in [0.1, 0.15) is 23.2 Å². The zero-order valence-corrected chi connectivity index (χ0v) is 9.42. The Morgan fingerprint density at radius 1 is 1.56 bits per heavy atom. The van der Waals surface area contributed by atoms with Crippen LogP contribution in [0.4, 0.5) is 0 Å². The van der Waals surface area contributed by atoms with Gasteiger partial charge in [0.2, 0.25) is 0 Å². The van der Waals surface area contributed by atoms with E-state index in [0.717, 1.165) is 6.42 Å². The van der Waals surface area contributed by atoms with Crippen molar-refractivity contribution in [1.82, 2.24) is 5.32 Å². The van der Waals surface area contributed by atoms with E-state index >= 15 is 0 Å². The van der Waals surface area contributed by atoms with E-state index in [-0.39, 0.29) is 17.2 Å². The summed E-state index contributed by atoms with van der Waals surface area (Å²) in [6, 6.07) is 4.36. The number of aromatic hydroxyl groups is 1. The Hall–Kier alpha value is -1.66. The molecule has 4 heteroatoms. The number of nitrogens with one attached hydrogen (secondary N) is 1. The molecule has 0 saturated carbocycles. The molecule has 0 spiro atoms. The number of benzene rings is 1. The van der Waals surface area contributed by atoms with Crippen molar-refractivity contribution < 1.29 is 9.90 Å². The van der Waals surface area contributed by atoms with Gasteiger partial charge >= 0.3 is 0 Å². The lowest BCUT2D eigenvalue weighted by Gasteiger charge is -2.06. The van der Waals surface area contributed by atoms with Gasteiger partial charge in [0.1, 0.15) is 5.75 Å². The molecule has 84 valence electrons. The molecule has 0 aliphatic heterocycles. The number of phenolic OH excluding ortho intramolecular Hbond substituents is 1. The first-order valence-corrected chi connectivity index (χ1v) is 5.23. The molecule has 2 N–H and O–H groups in total. The second kappa shape index (κ2) is 6.04. The molecule has 1 aromatic rings. The molecule has 0 radical (unpaired) electrons. The molecule has 0 bridgehead atoms. The van der Waals surface area contributed by atoms with Crippen LogP contribution >= 0.6 is 11.6 Å². The number of terminal acetylenes is 1. The predicted molar refractivity (Wildman–Crippen MR) is 63.5 cm³/mol. The van der Waals surface area contributed by atoms with Crippen molar-refractivity contribution in [1.29, 1.82) is 0 Å². The van der Waals surface area contributed by atoms with Gasteiger partial charge in [-0.1, -0.05) is 11.6 Å². The van der Waals surface area contributed by atoms with Crippen LogP contribution in [-0.2, 0) is 0 Å². The Balaban J connectivity index is 2.57. The van der Waals surface area contributed by atoms with Gasteiger partial charge < -0.3 is 10.4 Å². The summed E-state index contributed by atoms with van der Waals surface area (Å²) in [4.78, 5) is 11.6. The summed E-state index contributed by atoms with van der Waals surface area (Å²) in [6.07, 6.45) is 6.42. The molecule has 1 rings (SSSR count). The lowest BCUT2D eigenvalue weighted by Crippen LogP contribution is -2.24. The topological polar surface area (TPSA) is 49.3 Å². The van der Waals surface area contributed by atoms with E-state index < -0.39 is 0 Å². The van der Waals surface area contributed by atoms with E-state index in [4.69, 9.17) is 18.0 Å². The SMILES string of the molecule is C#CCCCNC(=O)c1ccc(Cl)cc1O. The smallest absolute Gasteiger partial charge is 0.255 e. The van der Waals surface area contributed by atoms with E-state index in [0.29, 0.717) is 18.0 Å². The fraction of sp³-hybridized carbons (Fsp3) is 0.250. The van der Waals surface area contributed by atoms with Crippen LogP contribution in [0.15, 0.2) is 18.2 Å². The summed E-state index contributed by atoms with van der Waals surface area (Å²) in [5.41, 5.74) is 0.213. The van der Waals surface area contributed by atoms with E-state index in [1.165, 1.54) is 12.1 Å². The fourth-order valence-corrected chi connectivity index (χ4v) is 1.35. The molecule has 3 nitrogen and oxygen atoms in total. The van der Waals surface area contributed by atoms with Crippen molar-refractivity contribution in [3.8, 4) is 18.1 Å². The number of carbonyl (C=O) groups is 1. The van der Waals surface area contributed by atoms with Gasteiger partial charge in [-0.05, 0) is 24.6 Å². The monoisotopic (exact) mass is 237 g/mol. The number of unbranched alkanes of at least 4 members (excludes halogenated alkanes) is 1. The number of carbonyl (C=O) groups excluding carboxylic acids is 1. The van der Waals surface area contributed by atoms with Gasteiger partial charge in [0, 0.05) is 18.0 Å². The minimum Gasteiger partial charge on any atom is -0.507 e. The number of amides is 1. The predicted octanol–water partition coefficient (Wildman–Crippen LogP) is 2.19. The van der Waals surface area contributed by atoms with Crippen LogP contribution in [0.2, 0.25) is 5.02 Å². The molecule has 1 aromatic carbocycles. The minimum atomic E-state index is -0.328. The Morgan fingerprint density at radius 3 is 2.94 bits per heavy atom. The number of hydrogen-bond donors (Lipinski definition) is 2. The van der Waals surface area contributed by atoms with Gasteiger partial charge in [0.25, 0.3) is 5.91 Å². The first-order valence-electron chi connectivity index (χ1n) is 4.85. The average molecular weight is 238 g/mol. The van der Waals surface area contributed by atoms with Gasteiger partial charge in [-0.25, -0.2) is 0 Å². The second-order valence-corrected chi connectivity index (χ2v) is 3.66. The van der Waals surface area contributed by atoms with E-state index in [9.17, 15) is 9.90 Å². The molecule has 0 unspecified atom stereocenters. The first-order chi connectivity index (χ1) is 7.65. The van der Waals surface area contributed by atoms with Crippen molar-refractivity contribution >= 4 is 17.5 Å². The standard InChI is InChI=1S/C12H12ClNO2/c1-2-3-4-7-14-12(16)10-6-5-9(13)8-11(10)15/h1,5-6,8,15H,3-4,7H2,(H,14,16). The normalized spacial score (nSPS) is 9.50. The highest BCUT2D eigenvalue weighted by molar-refractivity contribution is 6.30. The molecular weight excluding hydrogens is 226 g/mol. The van der Waals surface area contributed by atoms with Gasteiger partial charge in [-0.15, -0.1) is 12.3 Å². The zero-order chi connectivity index (χ0) is 12.0. The van der Waals surface area contributed by atoms with E-state index in [2.05, 4.69) is 11.2 Å². The largest absolute Gasteiger partial charge is 0.507 e. The summed E-state index contributed by atoms with van der Waals surface area (Å²) in [5.74, 6) is 2.03. The summed E-state index contributed by atoms with van der Waals surface area (Å²) in [6.45, 7) is 0.491. The zero-order valence-electron chi connectivity index (χ0n) is 8.66. The van der Waals surface area contributed by atoms with Crippen LogP contribution < -0.4 is 5.32 Å². The number of phenols is 1. The third-order valence-corrected chi connectivity index (χ3v) is 2.22. The van der Waals surface area contributed by atoms with Gasteiger partial charge in [0.05, 0.1) is 5.56 Å². The molecule has 0 aliphatic carbocycles. The third-order valence-electron chi connectivity index (χ3n) is 1.99. The third kappa shape index (κ3) is 3.48. The number of hydrogen-bond acceptors (Lipinski definition) is 2. The van der Waals surface area contributed by atoms with Gasteiger partial charge in [-0.2, -0.15) is 0 Å². The number of rotatable bonds is 4. The van der Waals surface area contributed by atoms with Crippen LogP contribution in [0, 0.1) is 12.3 Å².